The summed E-state index contributed by atoms with van der Waals surface area (Å²) < 4.78 is 25.1. The average molecular weight is 434 g/mol. The Morgan fingerprint density at radius 1 is 1.22 bits per heavy atom. The van der Waals surface area contributed by atoms with Gasteiger partial charge in [-0.15, -0.1) is 0 Å². The first-order valence-electron chi connectivity index (χ1n) is 8.07. The van der Waals surface area contributed by atoms with E-state index in [-0.39, 0.29) is 24.8 Å². The standard InChI is InChI=1S/C19H17BrFN3O3/c1-24(9-12-3-6-17(26-2)15(21)7-12)18(25)10-27-19-14-8-13(20)4-5-16(14)22-11-23-19/h3-8,11H,9-10H2,1-2H3. The van der Waals surface area contributed by atoms with Crippen LogP contribution in [0.2, 0.25) is 0 Å². The van der Waals surface area contributed by atoms with Crippen molar-refractivity contribution in [1.82, 2.24) is 14.9 Å². The second-order valence-corrected chi connectivity index (χ2v) is 6.76. The molecular formula is C19H17BrFN3O3. The summed E-state index contributed by atoms with van der Waals surface area (Å²) in [5.41, 5.74) is 1.37. The number of aromatic nitrogens is 2. The van der Waals surface area contributed by atoms with E-state index in [9.17, 15) is 9.18 Å². The topological polar surface area (TPSA) is 64.5 Å². The number of benzene rings is 2. The number of ether oxygens (including phenoxy) is 2. The summed E-state index contributed by atoms with van der Waals surface area (Å²) in [5, 5.41) is 0.708. The highest BCUT2D eigenvalue weighted by Gasteiger charge is 2.14. The Balaban J connectivity index is 1.65. The molecule has 0 unspecified atom stereocenters. The van der Waals surface area contributed by atoms with Crippen LogP contribution in [0.4, 0.5) is 4.39 Å². The number of likely N-dealkylation sites (N-methyl/N-ethyl adjacent to an activating group) is 1. The summed E-state index contributed by atoms with van der Waals surface area (Å²) in [6.45, 7) is 0.0624. The molecule has 0 radical (unpaired) electrons. The molecule has 3 rings (SSSR count). The third kappa shape index (κ3) is 4.51. The van der Waals surface area contributed by atoms with E-state index in [0.717, 1.165) is 9.99 Å². The van der Waals surface area contributed by atoms with Crippen molar-refractivity contribution >= 4 is 32.7 Å². The van der Waals surface area contributed by atoms with Gasteiger partial charge in [0.15, 0.2) is 18.2 Å². The zero-order valence-corrected chi connectivity index (χ0v) is 16.4. The Bertz CT molecular complexity index is 984. The van der Waals surface area contributed by atoms with Crippen LogP contribution in [0.15, 0.2) is 47.2 Å². The minimum absolute atomic E-state index is 0.165. The van der Waals surface area contributed by atoms with Crippen LogP contribution in [0.3, 0.4) is 0 Å². The minimum atomic E-state index is -0.467. The van der Waals surface area contributed by atoms with E-state index in [1.54, 1.807) is 13.1 Å². The second kappa shape index (κ2) is 8.30. The van der Waals surface area contributed by atoms with Crippen LogP contribution in [0, 0.1) is 5.82 Å². The van der Waals surface area contributed by atoms with Crippen molar-refractivity contribution in [3.05, 3.63) is 58.6 Å². The molecule has 0 N–H and O–H groups in total. The normalized spacial score (nSPS) is 10.7. The molecule has 0 spiro atoms. The van der Waals surface area contributed by atoms with Gasteiger partial charge in [0.25, 0.3) is 5.91 Å². The van der Waals surface area contributed by atoms with Gasteiger partial charge in [-0.3, -0.25) is 4.79 Å². The number of carbonyl (C=O) groups excluding carboxylic acids is 1. The van der Waals surface area contributed by atoms with Gasteiger partial charge in [0, 0.05) is 18.1 Å². The van der Waals surface area contributed by atoms with Gasteiger partial charge in [0.1, 0.15) is 6.33 Å². The number of nitrogens with zero attached hydrogens (tertiary/aromatic N) is 3. The van der Waals surface area contributed by atoms with E-state index < -0.39 is 5.82 Å². The van der Waals surface area contributed by atoms with Gasteiger partial charge >= 0.3 is 0 Å². The van der Waals surface area contributed by atoms with Crippen LogP contribution in [0.1, 0.15) is 5.56 Å². The summed E-state index contributed by atoms with van der Waals surface area (Å²) in [6.07, 6.45) is 1.39. The molecule has 0 bridgehead atoms. The molecule has 1 amide bonds. The van der Waals surface area contributed by atoms with Crippen molar-refractivity contribution in [3.63, 3.8) is 0 Å². The first-order chi connectivity index (χ1) is 13.0. The van der Waals surface area contributed by atoms with Crippen LogP contribution >= 0.6 is 15.9 Å². The van der Waals surface area contributed by atoms with E-state index in [1.807, 2.05) is 18.2 Å². The lowest BCUT2D eigenvalue weighted by atomic mass is 10.2. The number of rotatable bonds is 6. The van der Waals surface area contributed by atoms with Crippen molar-refractivity contribution < 1.29 is 18.7 Å². The molecule has 140 valence electrons. The van der Waals surface area contributed by atoms with Gasteiger partial charge < -0.3 is 14.4 Å². The number of amides is 1. The molecule has 0 saturated carbocycles. The highest BCUT2D eigenvalue weighted by atomic mass is 79.9. The lowest BCUT2D eigenvalue weighted by Gasteiger charge is -2.18. The highest BCUT2D eigenvalue weighted by molar-refractivity contribution is 9.10. The number of methoxy groups -OCH3 is 1. The van der Waals surface area contributed by atoms with E-state index in [2.05, 4.69) is 25.9 Å². The molecule has 2 aromatic carbocycles. The monoisotopic (exact) mass is 433 g/mol. The van der Waals surface area contributed by atoms with Crippen molar-refractivity contribution in [2.24, 2.45) is 0 Å². The fourth-order valence-corrected chi connectivity index (χ4v) is 2.89. The van der Waals surface area contributed by atoms with Gasteiger partial charge in [-0.2, -0.15) is 0 Å². The smallest absolute Gasteiger partial charge is 0.260 e. The summed E-state index contributed by atoms with van der Waals surface area (Å²) in [7, 11) is 3.03. The van der Waals surface area contributed by atoms with Crippen molar-refractivity contribution in [2.75, 3.05) is 20.8 Å². The number of carbonyl (C=O) groups is 1. The fourth-order valence-electron chi connectivity index (χ4n) is 2.53. The predicted molar refractivity (Wildman–Crippen MR) is 102 cm³/mol. The van der Waals surface area contributed by atoms with Gasteiger partial charge in [0.2, 0.25) is 5.88 Å². The van der Waals surface area contributed by atoms with Crippen LogP contribution in [-0.4, -0.2) is 41.5 Å². The molecule has 0 aliphatic carbocycles. The fraction of sp³-hybridized carbons (Fsp3) is 0.211. The first-order valence-corrected chi connectivity index (χ1v) is 8.86. The Hall–Kier alpha value is -2.74. The zero-order chi connectivity index (χ0) is 19.4. The molecule has 0 saturated heterocycles. The van der Waals surface area contributed by atoms with Gasteiger partial charge in [-0.25, -0.2) is 14.4 Å². The second-order valence-electron chi connectivity index (χ2n) is 5.85. The molecule has 0 atom stereocenters. The third-order valence-corrected chi connectivity index (χ3v) is 4.45. The van der Waals surface area contributed by atoms with Crippen LogP contribution < -0.4 is 9.47 Å². The molecule has 0 aliphatic rings. The molecule has 1 heterocycles. The van der Waals surface area contributed by atoms with Crippen molar-refractivity contribution in [3.8, 4) is 11.6 Å². The lowest BCUT2D eigenvalue weighted by Crippen LogP contribution is -2.31. The molecule has 0 aliphatic heterocycles. The van der Waals surface area contributed by atoms with Gasteiger partial charge in [0.05, 0.1) is 18.0 Å². The summed E-state index contributed by atoms with van der Waals surface area (Å²) >= 11 is 3.40. The molecule has 27 heavy (non-hydrogen) atoms. The molecule has 1 aromatic heterocycles. The number of hydrogen-bond donors (Lipinski definition) is 0. The van der Waals surface area contributed by atoms with E-state index in [0.29, 0.717) is 16.8 Å². The first kappa shape index (κ1) is 19.0. The molecule has 8 heteroatoms. The highest BCUT2D eigenvalue weighted by Crippen LogP contribution is 2.25. The summed E-state index contributed by atoms with van der Waals surface area (Å²) in [4.78, 5) is 22.1. The molecule has 6 nitrogen and oxygen atoms in total. The predicted octanol–water partition coefficient (Wildman–Crippen LogP) is 3.58. The van der Waals surface area contributed by atoms with Crippen molar-refractivity contribution in [2.45, 2.75) is 6.54 Å². The molecule has 3 aromatic rings. The molecule has 0 fully saturated rings. The third-order valence-electron chi connectivity index (χ3n) is 3.95. The SMILES string of the molecule is COc1ccc(CN(C)C(=O)COc2ncnc3ccc(Br)cc23)cc1F. The lowest BCUT2D eigenvalue weighted by molar-refractivity contribution is -0.132. The Labute approximate surface area is 164 Å². The number of fused-ring (bicyclic) bond motifs is 1. The number of halogens is 2. The minimum Gasteiger partial charge on any atom is -0.494 e. The zero-order valence-electron chi connectivity index (χ0n) is 14.8. The van der Waals surface area contributed by atoms with Crippen molar-refractivity contribution in [1.29, 1.82) is 0 Å². The maximum atomic E-state index is 13.8. The van der Waals surface area contributed by atoms with Gasteiger partial charge in [-0.05, 0) is 35.9 Å². The Kier molecular flexibility index (Phi) is 5.85. The maximum Gasteiger partial charge on any atom is 0.260 e. The van der Waals surface area contributed by atoms with Crippen LogP contribution in [0.5, 0.6) is 11.6 Å². The Morgan fingerprint density at radius 2 is 2.04 bits per heavy atom. The van der Waals surface area contributed by atoms with Crippen LogP contribution in [0.25, 0.3) is 10.9 Å². The molecular weight excluding hydrogens is 417 g/mol. The summed E-state index contributed by atoms with van der Waals surface area (Å²) in [5.74, 6) is -0.227. The van der Waals surface area contributed by atoms with E-state index >= 15 is 0 Å². The summed E-state index contributed by atoms with van der Waals surface area (Å²) in [6, 6.07) is 10.1. The van der Waals surface area contributed by atoms with Gasteiger partial charge in [-0.1, -0.05) is 22.0 Å². The Morgan fingerprint density at radius 3 is 2.78 bits per heavy atom. The average Bonchev–Trinajstić information content (AvgIpc) is 2.66. The van der Waals surface area contributed by atoms with E-state index in [4.69, 9.17) is 9.47 Å². The van der Waals surface area contributed by atoms with Crippen LogP contribution in [-0.2, 0) is 11.3 Å². The van der Waals surface area contributed by atoms with E-state index in [1.165, 1.54) is 30.5 Å². The quantitative estimate of drug-likeness (QED) is 0.594. The largest absolute Gasteiger partial charge is 0.494 e. The maximum absolute atomic E-state index is 13.8. The number of hydrogen-bond acceptors (Lipinski definition) is 5.